The Labute approximate surface area is 178 Å². The van der Waals surface area contributed by atoms with Gasteiger partial charge in [-0.3, -0.25) is 4.79 Å². The zero-order valence-corrected chi connectivity index (χ0v) is 17.1. The van der Waals surface area contributed by atoms with Gasteiger partial charge >= 0.3 is 0 Å². The smallest absolute Gasteiger partial charge is 0.252 e. The van der Waals surface area contributed by atoms with Crippen LogP contribution in [0.25, 0.3) is 11.3 Å². The first-order valence-corrected chi connectivity index (χ1v) is 10.2. The van der Waals surface area contributed by atoms with Crippen molar-refractivity contribution in [1.29, 1.82) is 0 Å². The minimum Gasteiger partial charge on any atom is -0.471 e. The fourth-order valence-corrected chi connectivity index (χ4v) is 3.96. The molecule has 1 saturated heterocycles. The minimum atomic E-state index is -0.327. The number of carbonyl (C=O) groups is 1. The molecule has 0 bridgehead atoms. The van der Waals surface area contributed by atoms with Crippen LogP contribution in [-0.4, -0.2) is 43.5 Å². The van der Waals surface area contributed by atoms with E-state index in [0.717, 1.165) is 35.4 Å². The SMILES string of the molecule is Cn1nnc(-c2ccc(F)cc2)c1COc1ccc2c(n1)CN(C(=O)C1CCCO1)C2. The Bertz CT molecular complexity index is 1110. The molecule has 1 unspecified atom stereocenters. The third-order valence-corrected chi connectivity index (χ3v) is 5.68. The van der Waals surface area contributed by atoms with E-state index in [4.69, 9.17) is 9.47 Å². The third kappa shape index (κ3) is 3.88. The molecule has 1 aromatic carbocycles. The van der Waals surface area contributed by atoms with Crippen molar-refractivity contribution in [2.75, 3.05) is 6.61 Å². The van der Waals surface area contributed by atoms with Crippen LogP contribution in [0, 0.1) is 5.82 Å². The minimum absolute atomic E-state index is 0.0304. The number of aryl methyl sites for hydroxylation is 1. The molecule has 2 aliphatic rings. The summed E-state index contributed by atoms with van der Waals surface area (Å²) in [5, 5.41) is 8.26. The molecule has 0 saturated carbocycles. The van der Waals surface area contributed by atoms with Crippen LogP contribution in [0.3, 0.4) is 0 Å². The van der Waals surface area contributed by atoms with E-state index in [1.165, 1.54) is 12.1 Å². The monoisotopic (exact) mass is 423 g/mol. The van der Waals surface area contributed by atoms with Crippen LogP contribution in [0.1, 0.15) is 29.8 Å². The molecule has 9 heteroatoms. The Balaban J connectivity index is 1.28. The number of fused-ring (bicyclic) bond motifs is 1. The summed E-state index contributed by atoms with van der Waals surface area (Å²) in [6, 6.07) is 9.86. The molecule has 0 spiro atoms. The molecule has 0 radical (unpaired) electrons. The molecule has 3 aromatic rings. The Kier molecular flexibility index (Phi) is 5.11. The van der Waals surface area contributed by atoms with Gasteiger partial charge in [-0.2, -0.15) is 0 Å². The van der Waals surface area contributed by atoms with E-state index in [-0.39, 0.29) is 24.4 Å². The molecule has 5 rings (SSSR count). The number of aromatic nitrogens is 4. The van der Waals surface area contributed by atoms with Crippen LogP contribution in [0.15, 0.2) is 36.4 Å². The van der Waals surface area contributed by atoms with Gasteiger partial charge in [0.1, 0.15) is 29.9 Å². The number of ether oxygens (including phenoxy) is 2. The lowest BCUT2D eigenvalue weighted by Gasteiger charge is -2.18. The van der Waals surface area contributed by atoms with Crippen LogP contribution < -0.4 is 4.74 Å². The van der Waals surface area contributed by atoms with Crippen molar-refractivity contribution in [1.82, 2.24) is 24.9 Å². The van der Waals surface area contributed by atoms with Gasteiger partial charge in [-0.1, -0.05) is 5.21 Å². The summed E-state index contributed by atoms with van der Waals surface area (Å²) < 4.78 is 26.3. The van der Waals surface area contributed by atoms with Gasteiger partial charge in [-0.05, 0) is 48.7 Å². The molecule has 4 heterocycles. The first kappa shape index (κ1) is 19.6. The highest BCUT2D eigenvalue weighted by atomic mass is 19.1. The van der Waals surface area contributed by atoms with E-state index in [2.05, 4.69) is 15.3 Å². The highest BCUT2D eigenvalue weighted by Crippen LogP contribution is 2.27. The average Bonchev–Trinajstić information content (AvgIpc) is 3.52. The first-order chi connectivity index (χ1) is 15.1. The highest BCUT2D eigenvalue weighted by Gasteiger charge is 2.32. The van der Waals surface area contributed by atoms with Crippen molar-refractivity contribution in [3.63, 3.8) is 0 Å². The highest BCUT2D eigenvalue weighted by molar-refractivity contribution is 5.81. The molecule has 160 valence electrons. The van der Waals surface area contributed by atoms with Crippen molar-refractivity contribution >= 4 is 5.91 Å². The number of pyridine rings is 1. The predicted octanol–water partition coefficient (Wildman–Crippen LogP) is 2.62. The summed E-state index contributed by atoms with van der Waals surface area (Å²) >= 11 is 0. The van der Waals surface area contributed by atoms with E-state index in [1.54, 1.807) is 34.8 Å². The van der Waals surface area contributed by atoms with Crippen LogP contribution in [0.5, 0.6) is 5.88 Å². The summed E-state index contributed by atoms with van der Waals surface area (Å²) in [5.41, 5.74) is 4.01. The largest absolute Gasteiger partial charge is 0.471 e. The maximum Gasteiger partial charge on any atom is 0.252 e. The molecule has 8 nitrogen and oxygen atoms in total. The number of amides is 1. The quantitative estimate of drug-likeness (QED) is 0.628. The topological polar surface area (TPSA) is 82.4 Å². The molecule has 2 aliphatic heterocycles. The van der Waals surface area contributed by atoms with Crippen LogP contribution in [0.2, 0.25) is 0 Å². The summed E-state index contributed by atoms with van der Waals surface area (Å²) in [6.07, 6.45) is 1.38. The number of hydrogen-bond donors (Lipinski definition) is 0. The molecule has 1 amide bonds. The van der Waals surface area contributed by atoms with Crippen molar-refractivity contribution in [2.24, 2.45) is 7.05 Å². The fraction of sp³-hybridized carbons (Fsp3) is 0.364. The lowest BCUT2D eigenvalue weighted by atomic mass is 10.1. The Hall–Kier alpha value is -3.33. The van der Waals surface area contributed by atoms with Crippen LogP contribution in [-0.2, 0) is 36.3 Å². The molecule has 0 aliphatic carbocycles. The van der Waals surface area contributed by atoms with Gasteiger partial charge in [-0.25, -0.2) is 14.1 Å². The standard InChI is InChI=1S/C22H22FN5O3/c1-27-18(21(25-26-27)14-4-7-16(23)8-5-14)13-31-20-9-6-15-11-28(12-17(15)24-20)22(29)19-3-2-10-30-19/h4-9,19H,2-3,10-13H2,1H3. The van der Waals surface area contributed by atoms with Gasteiger partial charge in [0.05, 0.1) is 12.2 Å². The lowest BCUT2D eigenvalue weighted by Crippen LogP contribution is -2.35. The van der Waals surface area contributed by atoms with Gasteiger partial charge in [0.2, 0.25) is 5.88 Å². The molecule has 0 N–H and O–H groups in total. The van der Waals surface area contributed by atoms with Gasteiger partial charge < -0.3 is 14.4 Å². The second kappa shape index (κ2) is 8.07. The molecule has 31 heavy (non-hydrogen) atoms. The van der Waals surface area contributed by atoms with E-state index in [0.29, 0.717) is 31.3 Å². The van der Waals surface area contributed by atoms with Crippen molar-refractivity contribution in [3.05, 3.63) is 59.2 Å². The Morgan fingerprint density at radius 1 is 1.23 bits per heavy atom. The number of carbonyl (C=O) groups excluding carboxylic acids is 1. The van der Waals surface area contributed by atoms with E-state index < -0.39 is 0 Å². The molecule has 2 aromatic heterocycles. The fourth-order valence-electron chi connectivity index (χ4n) is 3.96. The summed E-state index contributed by atoms with van der Waals surface area (Å²) in [5.74, 6) is 0.194. The first-order valence-electron chi connectivity index (χ1n) is 10.2. The second-order valence-corrected chi connectivity index (χ2v) is 7.76. The summed E-state index contributed by atoms with van der Waals surface area (Å²) in [7, 11) is 1.78. The van der Waals surface area contributed by atoms with Gasteiger partial charge in [-0.15, -0.1) is 5.10 Å². The van der Waals surface area contributed by atoms with E-state index >= 15 is 0 Å². The molecular weight excluding hydrogens is 401 g/mol. The number of benzene rings is 1. The molecule has 1 fully saturated rings. The van der Waals surface area contributed by atoms with Crippen molar-refractivity contribution < 1.29 is 18.7 Å². The van der Waals surface area contributed by atoms with Gasteiger partial charge in [0.25, 0.3) is 5.91 Å². The Morgan fingerprint density at radius 3 is 2.84 bits per heavy atom. The van der Waals surface area contributed by atoms with E-state index in [1.807, 2.05) is 6.07 Å². The zero-order chi connectivity index (χ0) is 21.4. The summed E-state index contributed by atoms with van der Waals surface area (Å²) in [6.45, 7) is 1.86. The molecule has 1 atom stereocenters. The van der Waals surface area contributed by atoms with E-state index in [9.17, 15) is 9.18 Å². The second-order valence-electron chi connectivity index (χ2n) is 7.76. The van der Waals surface area contributed by atoms with Crippen molar-refractivity contribution in [2.45, 2.75) is 38.6 Å². The predicted molar refractivity (Wildman–Crippen MR) is 108 cm³/mol. The maximum absolute atomic E-state index is 13.2. The Morgan fingerprint density at radius 2 is 2.06 bits per heavy atom. The third-order valence-electron chi connectivity index (χ3n) is 5.68. The van der Waals surface area contributed by atoms with Gasteiger partial charge in [0, 0.05) is 31.8 Å². The van der Waals surface area contributed by atoms with Crippen LogP contribution >= 0.6 is 0 Å². The average molecular weight is 423 g/mol. The number of halogens is 1. The van der Waals surface area contributed by atoms with Crippen molar-refractivity contribution in [3.8, 4) is 17.1 Å². The normalized spacial score (nSPS) is 17.7. The summed E-state index contributed by atoms with van der Waals surface area (Å²) in [4.78, 5) is 19.0. The number of rotatable bonds is 5. The van der Waals surface area contributed by atoms with Crippen LogP contribution in [0.4, 0.5) is 4.39 Å². The number of hydrogen-bond acceptors (Lipinski definition) is 6. The number of nitrogens with zero attached hydrogens (tertiary/aromatic N) is 5. The zero-order valence-electron chi connectivity index (χ0n) is 17.1. The maximum atomic E-state index is 13.2. The van der Waals surface area contributed by atoms with Gasteiger partial charge in [0.15, 0.2) is 0 Å². The molecular formula is C22H22FN5O3. The lowest BCUT2D eigenvalue weighted by molar-refractivity contribution is -0.141.